The number of halogens is 6. The van der Waals surface area contributed by atoms with E-state index in [2.05, 4.69) is 15.9 Å². The van der Waals surface area contributed by atoms with E-state index in [1.165, 1.54) is 0 Å². The maximum atomic E-state index is 13.6. The molecule has 0 radical (unpaired) electrons. The molecule has 0 saturated heterocycles. The Labute approximate surface area is 120 Å². The highest BCUT2D eigenvalue weighted by Gasteiger charge is 2.34. The van der Waals surface area contributed by atoms with E-state index in [0.29, 0.717) is 4.90 Å². The Balaban J connectivity index is 3.13. The van der Waals surface area contributed by atoms with Crippen molar-refractivity contribution in [2.45, 2.75) is 19.5 Å². The van der Waals surface area contributed by atoms with Crippen LogP contribution in [0.2, 0.25) is 0 Å². The molecule has 1 amide bonds. The number of carbonyl (C=O) groups is 1. The van der Waals surface area contributed by atoms with E-state index in [9.17, 15) is 26.7 Å². The minimum atomic E-state index is -4.63. The molecule has 0 aliphatic carbocycles. The Bertz CT molecular complexity index is 480. The smallest absolute Gasteiger partial charge is 0.329 e. The first-order valence-electron chi connectivity index (χ1n) is 5.66. The average Bonchev–Trinajstić information content (AvgIpc) is 2.24. The number of alkyl halides is 3. The largest absolute Gasteiger partial charge is 0.406 e. The number of carbonyl (C=O) groups excluding carboxylic acids is 1. The topological polar surface area (TPSA) is 20.3 Å². The monoisotopic (exact) mass is 359 g/mol. The van der Waals surface area contributed by atoms with E-state index in [0.717, 1.165) is 12.1 Å². The summed E-state index contributed by atoms with van der Waals surface area (Å²) in [6, 6.07) is 1.65. The molecule has 0 atom stereocenters. The van der Waals surface area contributed by atoms with E-state index in [4.69, 9.17) is 0 Å². The summed E-state index contributed by atoms with van der Waals surface area (Å²) in [5.41, 5.74) is -0.981. The summed E-state index contributed by atoms with van der Waals surface area (Å²) in [6.07, 6.45) is -4.39. The van der Waals surface area contributed by atoms with Crippen LogP contribution in [0.1, 0.15) is 23.7 Å². The minimum Gasteiger partial charge on any atom is -0.329 e. The number of amides is 1. The molecule has 0 aliphatic rings. The minimum absolute atomic E-state index is 0.0573. The first-order valence-corrected chi connectivity index (χ1v) is 6.45. The van der Waals surface area contributed by atoms with Crippen LogP contribution in [0.5, 0.6) is 0 Å². The summed E-state index contributed by atoms with van der Waals surface area (Å²) in [6.45, 7) is -0.229. The van der Waals surface area contributed by atoms with Gasteiger partial charge in [-0.25, -0.2) is 8.78 Å². The zero-order chi connectivity index (χ0) is 15.5. The molecular formula is C12H11BrF5NO. The summed E-state index contributed by atoms with van der Waals surface area (Å²) >= 11 is 2.83. The van der Waals surface area contributed by atoms with Crippen molar-refractivity contribution in [3.63, 3.8) is 0 Å². The summed E-state index contributed by atoms with van der Waals surface area (Å²) < 4.78 is 64.4. The lowest BCUT2D eigenvalue weighted by Crippen LogP contribution is -2.40. The second kappa shape index (κ2) is 6.51. The van der Waals surface area contributed by atoms with Crippen LogP contribution in [0.3, 0.4) is 0 Å². The van der Waals surface area contributed by atoms with Crippen molar-refractivity contribution in [3.05, 3.63) is 33.8 Å². The number of benzene rings is 1. The van der Waals surface area contributed by atoms with Gasteiger partial charge in [0.25, 0.3) is 5.91 Å². The van der Waals surface area contributed by atoms with Gasteiger partial charge >= 0.3 is 6.18 Å². The highest BCUT2D eigenvalue weighted by atomic mass is 79.9. The molecule has 1 rings (SSSR count). The van der Waals surface area contributed by atoms with Gasteiger partial charge in [0, 0.05) is 11.0 Å². The first-order chi connectivity index (χ1) is 9.15. The Morgan fingerprint density at radius 3 is 2.15 bits per heavy atom. The summed E-state index contributed by atoms with van der Waals surface area (Å²) in [5.74, 6) is -3.72. The highest BCUT2D eigenvalue weighted by molar-refractivity contribution is 9.10. The van der Waals surface area contributed by atoms with Crippen molar-refractivity contribution in [1.82, 2.24) is 4.90 Å². The molecule has 0 unspecified atom stereocenters. The van der Waals surface area contributed by atoms with E-state index >= 15 is 0 Å². The molecular weight excluding hydrogens is 349 g/mol. The predicted molar refractivity (Wildman–Crippen MR) is 66.3 cm³/mol. The van der Waals surface area contributed by atoms with E-state index in [1.807, 2.05) is 0 Å². The lowest BCUT2D eigenvalue weighted by molar-refractivity contribution is -0.140. The van der Waals surface area contributed by atoms with Gasteiger partial charge in [0.15, 0.2) is 0 Å². The lowest BCUT2D eigenvalue weighted by atomic mass is 10.1. The Morgan fingerprint density at radius 2 is 1.75 bits per heavy atom. The number of hydrogen-bond acceptors (Lipinski definition) is 1. The number of rotatable bonds is 4. The molecule has 1 aromatic rings. The molecule has 8 heteroatoms. The quantitative estimate of drug-likeness (QED) is 0.739. The van der Waals surface area contributed by atoms with Crippen molar-refractivity contribution in [3.8, 4) is 0 Å². The molecule has 20 heavy (non-hydrogen) atoms. The predicted octanol–water partition coefficient (Wildman–Crippen LogP) is 4.14. The van der Waals surface area contributed by atoms with Crippen molar-refractivity contribution in [2.75, 3.05) is 13.1 Å². The zero-order valence-corrected chi connectivity index (χ0v) is 12.0. The number of nitrogens with zero attached hydrogens (tertiary/aromatic N) is 1. The van der Waals surface area contributed by atoms with Crippen LogP contribution < -0.4 is 0 Å². The SMILES string of the molecule is CCCN(CC(F)(F)F)C(=O)c1c(F)cc(Br)cc1F. The third-order valence-electron chi connectivity index (χ3n) is 2.37. The maximum absolute atomic E-state index is 13.6. The molecule has 0 heterocycles. The molecule has 0 aliphatic heterocycles. The van der Waals surface area contributed by atoms with Gasteiger partial charge in [-0.1, -0.05) is 22.9 Å². The Kier molecular flexibility index (Phi) is 5.50. The lowest BCUT2D eigenvalue weighted by Gasteiger charge is -2.23. The first kappa shape index (κ1) is 16.9. The molecule has 2 nitrogen and oxygen atoms in total. The third-order valence-corrected chi connectivity index (χ3v) is 2.83. The van der Waals surface area contributed by atoms with Crippen molar-refractivity contribution < 1.29 is 26.7 Å². The molecule has 1 aromatic carbocycles. The Hall–Kier alpha value is -1.18. The summed E-state index contributed by atoms with van der Waals surface area (Å²) in [7, 11) is 0. The van der Waals surface area contributed by atoms with Crippen LogP contribution in [0.4, 0.5) is 22.0 Å². The van der Waals surface area contributed by atoms with Crippen molar-refractivity contribution >= 4 is 21.8 Å². The van der Waals surface area contributed by atoms with Crippen LogP contribution in [0.25, 0.3) is 0 Å². The number of hydrogen-bond donors (Lipinski definition) is 0. The van der Waals surface area contributed by atoms with Gasteiger partial charge in [-0.05, 0) is 18.6 Å². The molecule has 0 bridgehead atoms. The van der Waals surface area contributed by atoms with Crippen molar-refractivity contribution in [1.29, 1.82) is 0 Å². The normalized spacial score (nSPS) is 11.6. The van der Waals surface area contributed by atoms with Crippen LogP contribution in [0, 0.1) is 11.6 Å². The third kappa shape index (κ3) is 4.43. The average molecular weight is 360 g/mol. The maximum Gasteiger partial charge on any atom is 0.406 e. The molecule has 0 N–H and O–H groups in total. The fourth-order valence-electron chi connectivity index (χ4n) is 1.64. The van der Waals surface area contributed by atoms with E-state index in [1.54, 1.807) is 6.92 Å². The van der Waals surface area contributed by atoms with E-state index in [-0.39, 0.29) is 17.4 Å². The summed E-state index contributed by atoms with van der Waals surface area (Å²) in [4.78, 5) is 12.3. The zero-order valence-electron chi connectivity index (χ0n) is 10.4. The second-order valence-electron chi connectivity index (χ2n) is 4.09. The Morgan fingerprint density at radius 1 is 1.25 bits per heavy atom. The van der Waals surface area contributed by atoms with Gasteiger partial charge in [-0.15, -0.1) is 0 Å². The fraction of sp³-hybridized carbons (Fsp3) is 0.417. The molecule has 0 spiro atoms. The molecule has 112 valence electrons. The van der Waals surface area contributed by atoms with Crippen LogP contribution >= 0.6 is 15.9 Å². The van der Waals surface area contributed by atoms with Gasteiger partial charge in [0.05, 0.1) is 0 Å². The van der Waals surface area contributed by atoms with E-state index < -0.39 is 35.8 Å². The van der Waals surface area contributed by atoms with Gasteiger partial charge in [0.2, 0.25) is 0 Å². The highest BCUT2D eigenvalue weighted by Crippen LogP contribution is 2.23. The fourth-order valence-corrected chi connectivity index (χ4v) is 2.05. The molecule has 0 fully saturated rings. The van der Waals surface area contributed by atoms with Crippen molar-refractivity contribution in [2.24, 2.45) is 0 Å². The van der Waals surface area contributed by atoms with Crippen LogP contribution in [-0.2, 0) is 0 Å². The van der Waals surface area contributed by atoms with Gasteiger partial charge in [0.1, 0.15) is 23.7 Å². The van der Waals surface area contributed by atoms with Crippen LogP contribution in [-0.4, -0.2) is 30.1 Å². The van der Waals surface area contributed by atoms with Crippen LogP contribution in [0.15, 0.2) is 16.6 Å². The second-order valence-corrected chi connectivity index (χ2v) is 5.00. The molecule has 0 saturated carbocycles. The summed E-state index contributed by atoms with van der Waals surface area (Å²) in [5, 5.41) is 0. The standard InChI is InChI=1S/C12H11BrF5NO/c1-2-3-19(6-12(16,17)18)11(20)10-8(14)4-7(13)5-9(10)15/h4-5H,2-3,6H2,1H3. The van der Waals surface area contributed by atoms with Gasteiger partial charge in [-0.3, -0.25) is 4.79 Å². The van der Waals surface area contributed by atoms with Gasteiger partial charge < -0.3 is 4.90 Å². The molecule has 0 aromatic heterocycles. The van der Waals surface area contributed by atoms with Gasteiger partial charge in [-0.2, -0.15) is 13.2 Å².